The SMILES string of the molecule is CCCCOc1c(Cl)cc(C(=O)NCCNC)cc1OCC.Cl. The van der Waals surface area contributed by atoms with Crippen molar-refractivity contribution in [1.82, 2.24) is 10.6 Å². The Kier molecular flexibility index (Phi) is 11.7. The van der Waals surface area contributed by atoms with Crippen LogP contribution in [0.1, 0.15) is 37.0 Å². The van der Waals surface area contributed by atoms with E-state index in [1.54, 1.807) is 12.1 Å². The van der Waals surface area contributed by atoms with Crippen LogP contribution in [-0.4, -0.2) is 39.3 Å². The second-order valence-electron chi connectivity index (χ2n) is 4.78. The van der Waals surface area contributed by atoms with E-state index in [-0.39, 0.29) is 18.3 Å². The van der Waals surface area contributed by atoms with Gasteiger partial charge >= 0.3 is 0 Å². The van der Waals surface area contributed by atoms with Crippen molar-refractivity contribution >= 4 is 29.9 Å². The minimum atomic E-state index is -0.182. The van der Waals surface area contributed by atoms with Crippen LogP contribution >= 0.6 is 24.0 Å². The summed E-state index contributed by atoms with van der Waals surface area (Å²) in [6.07, 6.45) is 1.97. The van der Waals surface area contributed by atoms with Gasteiger partial charge in [0.2, 0.25) is 0 Å². The maximum Gasteiger partial charge on any atom is 0.251 e. The molecule has 0 saturated heterocycles. The Morgan fingerprint density at radius 1 is 1.22 bits per heavy atom. The number of carbonyl (C=O) groups is 1. The van der Waals surface area contributed by atoms with E-state index in [1.807, 2.05) is 14.0 Å². The Morgan fingerprint density at radius 2 is 1.96 bits per heavy atom. The summed E-state index contributed by atoms with van der Waals surface area (Å²) < 4.78 is 11.3. The first-order valence-electron chi connectivity index (χ1n) is 7.65. The van der Waals surface area contributed by atoms with Crippen LogP contribution in [0.2, 0.25) is 5.02 Å². The Hall–Kier alpha value is -1.17. The van der Waals surface area contributed by atoms with Crippen LogP contribution in [0.25, 0.3) is 0 Å². The van der Waals surface area contributed by atoms with Crippen molar-refractivity contribution in [3.63, 3.8) is 0 Å². The van der Waals surface area contributed by atoms with Crippen LogP contribution in [0.15, 0.2) is 12.1 Å². The zero-order valence-corrected chi connectivity index (χ0v) is 15.5. The fourth-order valence-corrected chi connectivity index (χ4v) is 2.09. The lowest BCUT2D eigenvalue weighted by molar-refractivity contribution is 0.0953. The van der Waals surface area contributed by atoms with Gasteiger partial charge in [0.25, 0.3) is 5.91 Å². The molecule has 0 heterocycles. The molecule has 0 unspecified atom stereocenters. The summed E-state index contributed by atoms with van der Waals surface area (Å²) >= 11 is 6.26. The second-order valence-corrected chi connectivity index (χ2v) is 5.19. The van der Waals surface area contributed by atoms with Crippen molar-refractivity contribution in [2.75, 3.05) is 33.4 Å². The molecule has 0 aromatic heterocycles. The average Bonchev–Trinajstić information content (AvgIpc) is 2.50. The molecule has 1 rings (SSSR count). The highest BCUT2D eigenvalue weighted by molar-refractivity contribution is 6.32. The fourth-order valence-electron chi connectivity index (χ4n) is 1.82. The first-order valence-corrected chi connectivity index (χ1v) is 8.03. The van der Waals surface area contributed by atoms with Gasteiger partial charge in [-0.25, -0.2) is 0 Å². The quantitative estimate of drug-likeness (QED) is 0.625. The van der Waals surface area contributed by atoms with E-state index in [0.29, 0.717) is 48.4 Å². The van der Waals surface area contributed by atoms with Crippen molar-refractivity contribution in [2.45, 2.75) is 26.7 Å². The molecule has 0 fully saturated rings. The van der Waals surface area contributed by atoms with Crippen molar-refractivity contribution < 1.29 is 14.3 Å². The van der Waals surface area contributed by atoms with Crippen molar-refractivity contribution in [3.05, 3.63) is 22.7 Å². The number of halogens is 2. The molecule has 1 aromatic rings. The van der Waals surface area contributed by atoms with E-state index in [4.69, 9.17) is 21.1 Å². The second kappa shape index (κ2) is 12.3. The van der Waals surface area contributed by atoms with Crippen molar-refractivity contribution in [3.8, 4) is 11.5 Å². The molecule has 0 aliphatic heterocycles. The summed E-state index contributed by atoms with van der Waals surface area (Å²) in [7, 11) is 1.83. The molecule has 0 atom stereocenters. The molecule has 23 heavy (non-hydrogen) atoms. The molecule has 7 heteroatoms. The minimum absolute atomic E-state index is 0. The molecule has 132 valence electrons. The summed E-state index contributed by atoms with van der Waals surface area (Å²) in [5, 5.41) is 6.17. The number of ether oxygens (including phenoxy) is 2. The summed E-state index contributed by atoms with van der Waals surface area (Å²) in [5.74, 6) is 0.826. The topological polar surface area (TPSA) is 59.6 Å². The molecule has 2 N–H and O–H groups in total. The maximum atomic E-state index is 12.1. The highest BCUT2D eigenvalue weighted by Gasteiger charge is 2.16. The van der Waals surface area contributed by atoms with Crippen LogP contribution in [0.3, 0.4) is 0 Å². The third-order valence-corrected chi connectivity index (χ3v) is 3.26. The lowest BCUT2D eigenvalue weighted by Gasteiger charge is -2.15. The smallest absolute Gasteiger partial charge is 0.251 e. The van der Waals surface area contributed by atoms with E-state index in [1.165, 1.54) is 0 Å². The average molecular weight is 365 g/mol. The summed E-state index contributed by atoms with van der Waals surface area (Å²) in [6.45, 7) is 6.27. The van der Waals surface area contributed by atoms with Crippen molar-refractivity contribution in [1.29, 1.82) is 0 Å². The Bertz CT molecular complexity index is 485. The first kappa shape index (κ1) is 21.8. The summed E-state index contributed by atoms with van der Waals surface area (Å²) in [5.41, 5.74) is 0.465. The molecule has 5 nitrogen and oxygen atoms in total. The molecule has 1 aromatic carbocycles. The zero-order valence-electron chi connectivity index (χ0n) is 13.9. The number of hydrogen-bond acceptors (Lipinski definition) is 4. The number of nitrogens with one attached hydrogen (secondary N) is 2. The van der Waals surface area contributed by atoms with E-state index in [2.05, 4.69) is 17.6 Å². The summed E-state index contributed by atoms with van der Waals surface area (Å²) in [6, 6.07) is 3.28. The normalized spacial score (nSPS) is 9.91. The highest BCUT2D eigenvalue weighted by Crippen LogP contribution is 2.36. The van der Waals surface area contributed by atoms with Gasteiger partial charge in [-0.1, -0.05) is 24.9 Å². The van der Waals surface area contributed by atoms with Gasteiger partial charge in [-0.3, -0.25) is 4.79 Å². The van der Waals surface area contributed by atoms with Crippen molar-refractivity contribution in [2.24, 2.45) is 0 Å². The predicted molar refractivity (Wildman–Crippen MR) is 96.5 cm³/mol. The van der Waals surface area contributed by atoms with Crippen LogP contribution in [0.4, 0.5) is 0 Å². The van der Waals surface area contributed by atoms with Gasteiger partial charge in [-0.15, -0.1) is 12.4 Å². The van der Waals surface area contributed by atoms with E-state index >= 15 is 0 Å². The van der Waals surface area contributed by atoms with Gasteiger partial charge < -0.3 is 20.1 Å². The standard InChI is InChI=1S/C16H25ClN2O3.ClH/c1-4-6-9-22-15-13(17)10-12(11-14(15)21-5-2)16(20)19-8-7-18-3;/h10-11,18H,4-9H2,1-3H3,(H,19,20);1H. The van der Waals surface area contributed by atoms with E-state index in [0.717, 1.165) is 12.8 Å². The number of likely N-dealkylation sites (N-methyl/N-ethyl adjacent to an activating group) is 1. The third-order valence-electron chi connectivity index (χ3n) is 2.98. The molecule has 0 aliphatic carbocycles. The predicted octanol–water partition coefficient (Wildman–Crippen LogP) is 3.29. The monoisotopic (exact) mass is 364 g/mol. The van der Waals surface area contributed by atoms with Crippen LogP contribution in [-0.2, 0) is 0 Å². The number of carbonyl (C=O) groups excluding carboxylic acids is 1. The third kappa shape index (κ3) is 7.29. The van der Waals surface area contributed by atoms with Crippen LogP contribution in [0.5, 0.6) is 11.5 Å². The molecule has 1 amide bonds. The van der Waals surface area contributed by atoms with E-state index in [9.17, 15) is 4.79 Å². The number of rotatable bonds is 10. The van der Waals surface area contributed by atoms with Gasteiger partial charge in [0, 0.05) is 18.7 Å². The largest absolute Gasteiger partial charge is 0.490 e. The zero-order chi connectivity index (χ0) is 16.4. The van der Waals surface area contributed by atoms with Gasteiger partial charge in [0.1, 0.15) is 0 Å². The Morgan fingerprint density at radius 3 is 2.57 bits per heavy atom. The number of unbranched alkanes of at least 4 members (excludes halogenated alkanes) is 1. The minimum Gasteiger partial charge on any atom is -0.490 e. The van der Waals surface area contributed by atoms with Gasteiger partial charge in [0.15, 0.2) is 11.5 Å². The molecule has 0 aliphatic rings. The number of benzene rings is 1. The maximum absolute atomic E-state index is 12.1. The van der Waals surface area contributed by atoms with E-state index < -0.39 is 0 Å². The fraction of sp³-hybridized carbons (Fsp3) is 0.562. The Labute approximate surface area is 149 Å². The molecular formula is C16H26Cl2N2O3. The van der Waals surface area contributed by atoms with Gasteiger partial charge in [-0.05, 0) is 32.5 Å². The summed E-state index contributed by atoms with van der Waals surface area (Å²) in [4.78, 5) is 12.1. The van der Waals surface area contributed by atoms with Gasteiger partial charge in [-0.2, -0.15) is 0 Å². The molecule has 0 bridgehead atoms. The molecule has 0 spiro atoms. The lowest BCUT2D eigenvalue weighted by atomic mass is 10.2. The van der Waals surface area contributed by atoms with Gasteiger partial charge in [0.05, 0.1) is 18.2 Å². The molecule has 0 radical (unpaired) electrons. The molecular weight excluding hydrogens is 339 g/mol. The number of amides is 1. The number of hydrogen-bond donors (Lipinski definition) is 2. The Balaban J connectivity index is 0.00000484. The van der Waals surface area contributed by atoms with Crippen LogP contribution < -0.4 is 20.1 Å². The lowest BCUT2D eigenvalue weighted by Crippen LogP contribution is -2.30. The highest BCUT2D eigenvalue weighted by atomic mass is 35.5. The molecule has 0 saturated carbocycles. The van der Waals surface area contributed by atoms with Crippen LogP contribution in [0, 0.1) is 0 Å². The first-order chi connectivity index (χ1) is 10.6.